The number of anilines is 1. The Kier molecular flexibility index (Phi) is 7.33. The second kappa shape index (κ2) is 10.1. The summed E-state index contributed by atoms with van der Waals surface area (Å²) < 4.78 is 6.40. The molecule has 2 aromatic heterocycles. The van der Waals surface area contributed by atoms with Gasteiger partial charge in [-0.1, -0.05) is 26.8 Å². The zero-order valence-corrected chi connectivity index (χ0v) is 22.8. The first kappa shape index (κ1) is 24.7. The van der Waals surface area contributed by atoms with E-state index in [0.717, 1.165) is 51.3 Å². The number of nitrogens with zero attached hydrogens (tertiary/aromatic N) is 2. The van der Waals surface area contributed by atoms with Gasteiger partial charge in [-0.25, -0.2) is 4.99 Å². The molecule has 1 amide bonds. The van der Waals surface area contributed by atoms with Crippen LogP contribution in [0.4, 0.5) is 10.7 Å². The number of amides is 1. The molecule has 0 aliphatic heterocycles. The lowest BCUT2D eigenvalue weighted by atomic mass is 9.72. The Balaban J connectivity index is 1.65. The van der Waals surface area contributed by atoms with E-state index in [0.29, 0.717) is 12.5 Å². The van der Waals surface area contributed by atoms with Gasteiger partial charge in [0.1, 0.15) is 10.8 Å². The van der Waals surface area contributed by atoms with Crippen LogP contribution in [0.3, 0.4) is 0 Å². The topological polar surface area (TPSA) is 57.8 Å². The predicted octanol–water partition coefficient (Wildman–Crippen LogP) is 7.00. The summed E-state index contributed by atoms with van der Waals surface area (Å²) in [6.07, 6.45) is 6.48. The lowest BCUT2D eigenvalue weighted by molar-refractivity contribution is 0.0947. The zero-order chi connectivity index (χ0) is 24.5. The van der Waals surface area contributed by atoms with Crippen LogP contribution in [0.2, 0.25) is 0 Å². The number of halogens is 1. The van der Waals surface area contributed by atoms with E-state index in [-0.39, 0.29) is 11.3 Å². The Labute approximate surface area is 214 Å². The molecule has 3 aromatic rings. The van der Waals surface area contributed by atoms with Crippen molar-refractivity contribution in [2.45, 2.75) is 46.6 Å². The Hall–Kier alpha value is -2.38. The van der Waals surface area contributed by atoms with E-state index in [4.69, 9.17) is 9.41 Å². The molecule has 0 spiro atoms. The van der Waals surface area contributed by atoms with E-state index in [1.54, 1.807) is 17.6 Å². The van der Waals surface area contributed by atoms with Crippen LogP contribution < -0.4 is 10.2 Å². The van der Waals surface area contributed by atoms with Crippen molar-refractivity contribution in [1.29, 1.82) is 0 Å². The van der Waals surface area contributed by atoms with Gasteiger partial charge in [0.15, 0.2) is 0 Å². The molecular formula is C27H32BrN3O2S. The summed E-state index contributed by atoms with van der Waals surface area (Å²) in [5, 5.41) is 3.82. The SMILES string of the molecule is CN(C)c1ccc(C=Nc2sc3c(c2C(=O)NCc2ccco2)CC[C@H](C(C)(C)C)C3)cc1Br. The molecule has 1 aliphatic carbocycles. The van der Waals surface area contributed by atoms with Gasteiger partial charge in [0, 0.05) is 29.7 Å². The minimum atomic E-state index is -0.0839. The number of benzene rings is 1. The average Bonchev–Trinajstić information content (AvgIpc) is 3.42. The maximum Gasteiger partial charge on any atom is 0.255 e. The zero-order valence-electron chi connectivity index (χ0n) is 20.4. The molecule has 0 unspecified atom stereocenters. The summed E-state index contributed by atoms with van der Waals surface area (Å²) in [4.78, 5) is 21.5. The second-order valence-corrected chi connectivity index (χ2v) is 12.1. The molecule has 0 saturated carbocycles. The van der Waals surface area contributed by atoms with Crippen molar-refractivity contribution in [3.05, 3.63) is 68.4 Å². The highest BCUT2D eigenvalue weighted by Gasteiger charge is 2.33. The number of fused-ring (bicyclic) bond motifs is 1. The molecule has 1 aliphatic rings. The fourth-order valence-electron chi connectivity index (χ4n) is 4.40. The van der Waals surface area contributed by atoms with Crippen LogP contribution in [0.5, 0.6) is 0 Å². The van der Waals surface area contributed by atoms with E-state index < -0.39 is 0 Å². The summed E-state index contributed by atoms with van der Waals surface area (Å²) in [5.41, 5.74) is 4.22. The Morgan fingerprint density at radius 3 is 2.76 bits per heavy atom. The third kappa shape index (κ3) is 5.47. The number of nitrogens with one attached hydrogen (secondary N) is 1. The maximum absolute atomic E-state index is 13.3. The molecule has 0 fully saturated rings. The summed E-state index contributed by atoms with van der Waals surface area (Å²) in [6, 6.07) is 9.86. The molecule has 0 radical (unpaired) electrons. The third-order valence-electron chi connectivity index (χ3n) is 6.49. The third-order valence-corrected chi connectivity index (χ3v) is 8.28. The van der Waals surface area contributed by atoms with Gasteiger partial charge in [-0.05, 0) is 81.9 Å². The highest BCUT2D eigenvalue weighted by atomic mass is 79.9. The molecule has 0 saturated heterocycles. The van der Waals surface area contributed by atoms with Gasteiger partial charge in [-0.3, -0.25) is 4.79 Å². The van der Waals surface area contributed by atoms with Gasteiger partial charge in [-0.15, -0.1) is 11.3 Å². The number of aliphatic imine (C=N–C) groups is 1. The quantitative estimate of drug-likeness (QED) is 0.341. The smallest absolute Gasteiger partial charge is 0.255 e. The van der Waals surface area contributed by atoms with Crippen LogP contribution in [0.1, 0.15) is 59.3 Å². The van der Waals surface area contributed by atoms with Crippen LogP contribution in [0.15, 0.2) is 50.5 Å². The lowest BCUT2D eigenvalue weighted by Gasteiger charge is -2.33. The Morgan fingerprint density at radius 1 is 1.32 bits per heavy atom. The van der Waals surface area contributed by atoms with Crippen molar-refractivity contribution in [3.8, 4) is 0 Å². The van der Waals surface area contributed by atoms with Crippen molar-refractivity contribution >= 4 is 50.1 Å². The molecule has 1 N–H and O–H groups in total. The van der Waals surface area contributed by atoms with Gasteiger partial charge >= 0.3 is 0 Å². The summed E-state index contributed by atoms with van der Waals surface area (Å²) in [5.74, 6) is 1.25. The van der Waals surface area contributed by atoms with E-state index >= 15 is 0 Å². The number of carbonyl (C=O) groups excluding carboxylic acids is 1. The van der Waals surface area contributed by atoms with Crippen molar-refractivity contribution in [2.75, 3.05) is 19.0 Å². The average molecular weight is 543 g/mol. The summed E-state index contributed by atoms with van der Waals surface area (Å²) in [6.45, 7) is 7.29. The van der Waals surface area contributed by atoms with E-state index in [1.807, 2.05) is 38.5 Å². The van der Waals surface area contributed by atoms with E-state index in [1.165, 1.54) is 10.4 Å². The molecule has 34 heavy (non-hydrogen) atoms. The molecular weight excluding hydrogens is 510 g/mol. The van der Waals surface area contributed by atoms with Crippen molar-refractivity contribution in [3.63, 3.8) is 0 Å². The molecule has 1 atom stereocenters. The molecule has 7 heteroatoms. The number of rotatable bonds is 6. The van der Waals surface area contributed by atoms with Crippen molar-refractivity contribution < 1.29 is 9.21 Å². The molecule has 2 heterocycles. The maximum atomic E-state index is 13.3. The Morgan fingerprint density at radius 2 is 2.12 bits per heavy atom. The fraction of sp³-hybridized carbons (Fsp3) is 0.407. The predicted molar refractivity (Wildman–Crippen MR) is 145 cm³/mol. The van der Waals surface area contributed by atoms with Crippen LogP contribution in [0, 0.1) is 11.3 Å². The summed E-state index contributed by atoms with van der Waals surface area (Å²) >= 11 is 5.31. The first-order valence-electron chi connectivity index (χ1n) is 11.6. The number of hydrogen-bond acceptors (Lipinski definition) is 5. The Bertz CT molecular complexity index is 1190. The van der Waals surface area contributed by atoms with E-state index in [2.05, 4.69) is 59.1 Å². The van der Waals surface area contributed by atoms with Gasteiger partial charge in [0.05, 0.1) is 24.1 Å². The van der Waals surface area contributed by atoms with Gasteiger partial charge in [-0.2, -0.15) is 0 Å². The van der Waals surface area contributed by atoms with Crippen LogP contribution >= 0.6 is 27.3 Å². The number of hydrogen-bond donors (Lipinski definition) is 1. The number of thiophene rings is 1. The standard InChI is InChI=1S/C27H32BrN3O2S/c1-27(2,3)18-9-10-20-23(14-18)34-26(24(20)25(32)29-16-19-7-6-12-33-19)30-15-17-8-11-22(31(4)5)21(28)13-17/h6-8,11-13,15,18H,9-10,14,16H2,1-5H3,(H,29,32)/t18-/m0/s1. The number of furan rings is 1. The van der Waals surface area contributed by atoms with Crippen LogP contribution in [-0.2, 0) is 19.4 Å². The monoisotopic (exact) mass is 541 g/mol. The van der Waals surface area contributed by atoms with Crippen molar-refractivity contribution in [2.24, 2.45) is 16.3 Å². The van der Waals surface area contributed by atoms with Crippen LogP contribution in [0.25, 0.3) is 0 Å². The van der Waals surface area contributed by atoms with Crippen molar-refractivity contribution in [1.82, 2.24) is 5.32 Å². The number of carbonyl (C=O) groups is 1. The first-order valence-corrected chi connectivity index (χ1v) is 13.2. The summed E-state index contributed by atoms with van der Waals surface area (Å²) in [7, 11) is 4.03. The van der Waals surface area contributed by atoms with Gasteiger partial charge in [0.2, 0.25) is 0 Å². The molecule has 5 nitrogen and oxygen atoms in total. The van der Waals surface area contributed by atoms with Crippen LogP contribution in [-0.4, -0.2) is 26.2 Å². The first-order chi connectivity index (χ1) is 16.1. The van der Waals surface area contributed by atoms with Gasteiger partial charge in [0.25, 0.3) is 5.91 Å². The molecule has 0 bridgehead atoms. The minimum Gasteiger partial charge on any atom is -0.467 e. The molecule has 180 valence electrons. The van der Waals surface area contributed by atoms with Gasteiger partial charge < -0.3 is 14.6 Å². The largest absolute Gasteiger partial charge is 0.467 e. The second-order valence-electron chi connectivity index (χ2n) is 10.1. The fourth-order valence-corrected chi connectivity index (χ4v) is 6.42. The molecule has 1 aromatic carbocycles. The minimum absolute atomic E-state index is 0.0839. The van der Waals surface area contributed by atoms with E-state index in [9.17, 15) is 4.79 Å². The molecule has 4 rings (SSSR count). The highest BCUT2D eigenvalue weighted by molar-refractivity contribution is 9.10. The normalized spacial score (nSPS) is 16.0. The lowest BCUT2D eigenvalue weighted by Crippen LogP contribution is -2.28. The highest BCUT2D eigenvalue weighted by Crippen LogP contribution is 2.45.